The smallest absolute Gasteiger partial charge is 0.211 e. The van der Waals surface area contributed by atoms with Crippen molar-refractivity contribution in [2.75, 3.05) is 44.4 Å². The molecule has 2 fully saturated rings. The van der Waals surface area contributed by atoms with E-state index in [-0.39, 0.29) is 5.41 Å². The third-order valence-electron chi connectivity index (χ3n) is 7.63. The Balaban J connectivity index is 1.23. The van der Waals surface area contributed by atoms with E-state index < -0.39 is 16.1 Å². The minimum Gasteiger partial charge on any atom is -0.493 e. The molecule has 1 N–H and O–H groups in total. The second-order valence-electron chi connectivity index (χ2n) is 10.6. The molecule has 5 heterocycles. The molecule has 1 spiro atoms. The van der Waals surface area contributed by atoms with Crippen molar-refractivity contribution in [1.82, 2.24) is 24.5 Å². The molecule has 0 radical (unpaired) electrons. The zero-order valence-corrected chi connectivity index (χ0v) is 24.7. The quantitative estimate of drug-likeness (QED) is 0.319. The van der Waals surface area contributed by atoms with Gasteiger partial charge in [0.1, 0.15) is 17.6 Å². The van der Waals surface area contributed by atoms with E-state index in [0.29, 0.717) is 45.9 Å². The zero-order valence-electron chi connectivity index (χ0n) is 22.4. The van der Waals surface area contributed by atoms with Gasteiger partial charge < -0.3 is 14.4 Å². The standard InChI is InChI=1S/C27H28Cl2N6O4S/c1-15-25(29)24(19(28)10-30-15)16(2)39-22-7-18-20(8-21(22)38-3)32-33-26(18)17-5-6-23(31-9-17)34-11-27(12-34)13-35(14-27)40(4,36)37/h5-10,16H,11-14H2,1-4H3,(H,32,33)/t16-/m1/s1. The summed E-state index contributed by atoms with van der Waals surface area (Å²) in [6.45, 7) is 6.42. The lowest BCUT2D eigenvalue weighted by Gasteiger charge is -2.59. The number of rotatable bonds is 7. The van der Waals surface area contributed by atoms with Gasteiger partial charge in [0.15, 0.2) is 11.5 Å². The van der Waals surface area contributed by atoms with E-state index in [0.717, 1.165) is 41.1 Å². The average Bonchev–Trinajstić information content (AvgIpc) is 3.26. The number of benzene rings is 1. The molecule has 0 aliphatic carbocycles. The van der Waals surface area contributed by atoms with Gasteiger partial charge in [0.25, 0.3) is 0 Å². The summed E-state index contributed by atoms with van der Waals surface area (Å²) in [6, 6.07) is 7.68. The number of nitrogens with one attached hydrogen (secondary N) is 1. The van der Waals surface area contributed by atoms with Crippen molar-refractivity contribution in [3.8, 4) is 22.8 Å². The molecule has 1 atom stereocenters. The second kappa shape index (κ2) is 9.76. The first kappa shape index (κ1) is 27.1. The first-order valence-electron chi connectivity index (χ1n) is 12.7. The highest BCUT2D eigenvalue weighted by molar-refractivity contribution is 7.88. The molecular weight excluding hydrogens is 575 g/mol. The van der Waals surface area contributed by atoms with E-state index in [1.54, 1.807) is 19.5 Å². The van der Waals surface area contributed by atoms with Crippen LogP contribution in [0.1, 0.15) is 24.3 Å². The Morgan fingerprint density at radius 2 is 1.82 bits per heavy atom. The maximum atomic E-state index is 11.7. The van der Waals surface area contributed by atoms with E-state index in [9.17, 15) is 8.42 Å². The maximum Gasteiger partial charge on any atom is 0.211 e. The van der Waals surface area contributed by atoms with Gasteiger partial charge in [-0.15, -0.1) is 0 Å². The lowest BCUT2D eigenvalue weighted by atomic mass is 9.74. The normalized spacial score (nSPS) is 17.5. The number of hydrogen-bond acceptors (Lipinski definition) is 8. The second-order valence-corrected chi connectivity index (χ2v) is 13.4. The minimum atomic E-state index is -3.12. The fraction of sp³-hybridized carbons (Fsp3) is 0.370. The highest BCUT2D eigenvalue weighted by Crippen LogP contribution is 2.43. The highest BCUT2D eigenvalue weighted by atomic mass is 35.5. The Kier molecular flexibility index (Phi) is 6.60. The SMILES string of the molecule is COc1cc2[nH]nc(-c3ccc(N4CC5(C4)CN(S(C)(=O)=O)C5)nc3)c2cc1O[C@H](C)c1c(Cl)cnc(C)c1Cl. The molecule has 210 valence electrons. The predicted molar refractivity (Wildman–Crippen MR) is 155 cm³/mol. The molecule has 2 aliphatic rings. The fourth-order valence-electron chi connectivity index (χ4n) is 5.47. The number of methoxy groups -OCH3 is 1. The summed E-state index contributed by atoms with van der Waals surface area (Å²) in [5, 5.41) is 9.35. The molecule has 2 aliphatic heterocycles. The molecule has 2 saturated heterocycles. The monoisotopic (exact) mass is 602 g/mol. The van der Waals surface area contributed by atoms with Crippen LogP contribution >= 0.6 is 23.2 Å². The van der Waals surface area contributed by atoms with Gasteiger partial charge in [-0.25, -0.2) is 17.7 Å². The number of aromatic nitrogens is 4. The van der Waals surface area contributed by atoms with Crippen LogP contribution in [-0.4, -0.2) is 72.4 Å². The number of aromatic amines is 1. The summed E-state index contributed by atoms with van der Waals surface area (Å²) in [6.07, 6.45) is 4.16. The van der Waals surface area contributed by atoms with Crippen LogP contribution in [-0.2, 0) is 10.0 Å². The largest absolute Gasteiger partial charge is 0.493 e. The van der Waals surface area contributed by atoms with Crippen molar-refractivity contribution in [3.63, 3.8) is 0 Å². The Bertz CT molecular complexity index is 1710. The number of ether oxygens (including phenoxy) is 2. The van der Waals surface area contributed by atoms with E-state index in [4.69, 9.17) is 32.7 Å². The highest BCUT2D eigenvalue weighted by Gasteiger charge is 2.54. The molecule has 0 bridgehead atoms. The number of anilines is 1. The first-order valence-corrected chi connectivity index (χ1v) is 15.3. The van der Waals surface area contributed by atoms with Crippen molar-refractivity contribution < 1.29 is 17.9 Å². The van der Waals surface area contributed by atoms with Gasteiger partial charge in [0.2, 0.25) is 10.0 Å². The van der Waals surface area contributed by atoms with Crippen molar-refractivity contribution in [3.05, 3.63) is 58.0 Å². The van der Waals surface area contributed by atoms with Gasteiger partial charge in [-0.05, 0) is 32.0 Å². The number of sulfonamides is 1. The van der Waals surface area contributed by atoms with Crippen molar-refractivity contribution in [2.45, 2.75) is 20.0 Å². The summed E-state index contributed by atoms with van der Waals surface area (Å²) >= 11 is 12.9. The minimum absolute atomic E-state index is 0.0395. The summed E-state index contributed by atoms with van der Waals surface area (Å²) in [4.78, 5) is 11.0. The molecule has 6 rings (SSSR count). The molecule has 13 heteroatoms. The molecule has 40 heavy (non-hydrogen) atoms. The Morgan fingerprint density at radius 1 is 1.07 bits per heavy atom. The molecule has 4 aromatic rings. The topological polar surface area (TPSA) is 114 Å². The van der Waals surface area contributed by atoms with Crippen LogP contribution in [0.25, 0.3) is 22.2 Å². The third-order valence-corrected chi connectivity index (χ3v) is 9.61. The summed E-state index contributed by atoms with van der Waals surface area (Å²) in [5.41, 5.74) is 3.73. The maximum absolute atomic E-state index is 11.7. The van der Waals surface area contributed by atoms with Crippen LogP contribution in [0.4, 0.5) is 5.82 Å². The number of pyridine rings is 2. The van der Waals surface area contributed by atoms with Gasteiger partial charge >= 0.3 is 0 Å². The molecule has 0 unspecified atom stereocenters. The van der Waals surface area contributed by atoms with Crippen LogP contribution in [0.5, 0.6) is 11.5 Å². The van der Waals surface area contributed by atoms with Crippen molar-refractivity contribution in [1.29, 1.82) is 0 Å². The van der Waals surface area contributed by atoms with Gasteiger partial charge in [-0.3, -0.25) is 10.1 Å². The summed E-state index contributed by atoms with van der Waals surface area (Å²) in [5.74, 6) is 1.91. The Hall–Kier alpha value is -3.12. The van der Waals surface area contributed by atoms with Crippen LogP contribution in [0, 0.1) is 12.3 Å². The molecule has 0 saturated carbocycles. The zero-order chi connectivity index (χ0) is 28.4. The Labute approximate surface area is 242 Å². The van der Waals surface area contributed by atoms with Gasteiger partial charge in [0.05, 0.1) is 34.6 Å². The van der Waals surface area contributed by atoms with Crippen molar-refractivity contribution in [2.24, 2.45) is 5.41 Å². The predicted octanol–water partition coefficient (Wildman–Crippen LogP) is 4.87. The van der Waals surface area contributed by atoms with E-state index in [1.807, 2.05) is 38.1 Å². The van der Waals surface area contributed by atoms with Crippen LogP contribution in [0.2, 0.25) is 10.0 Å². The summed E-state index contributed by atoms with van der Waals surface area (Å²) < 4.78 is 36.9. The van der Waals surface area contributed by atoms with Gasteiger partial charge in [-0.2, -0.15) is 5.10 Å². The lowest BCUT2D eigenvalue weighted by molar-refractivity contribution is 0.0395. The number of H-pyrrole nitrogens is 1. The van der Waals surface area contributed by atoms with E-state index in [2.05, 4.69) is 25.1 Å². The number of fused-ring (bicyclic) bond motifs is 1. The van der Waals surface area contributed by atoms with Crippen LogP contribution in [0.15, 0.2) is 36.7 Å². The molecule has 1 aromatic carbocycles. The number of halogens is 2. The molecule has 3 aromatic heterocycles. The Morgan fingerprint density at radius 3 is 2.48 bits per heavy atom. The van der Waals surface area contributed by atoms with Gasteiger partial charge in [0, 0.05) is 66.6 Å². The molecule has 0 amide bonds. The van der Waals surface area contributed by atoms with Crippen molar-refractivity contribution >= 4 is 49.9 Å². The summed E-state index contributed by atoms with van der Waals surface area (Å²) in [7, 11) is -1.54. The van der Waals surface area contributed by atoms with E-state index >= 15 is 0 Å². The van der Waals surface area contributed by atoms with E-state index in [1.165, 1.54) is 10.6 Å². The lowest BCUT2D eigenvalue weighted by Crippen LogP contribution is -2.73. The molecular formula is C27H28Cl2N6O4S. The number of nitrogens with zero attached hydrogens (tertiary/aromatic N) is 5. The first-order chi connectivity index (χ1) is 19.0. The van der Waals surface area contributed by atoms with Crippen LogP contribution in [0.3, 0.4) is 0 Å². The number of aryl methyl sites for hydroxylation is 1. The third kappa shape index (κ3) is 4.64. The molecule has 10 nitrogen and oxygen atoms in total. The average molecular weight is 604 g/mol. The fourth-order valence-corrected chi connectivity index (χ4v) is 7.14. The number of hydrogen-bond donors (Lipinski definition) is 1. The van der Waals surface area contributed by atoms with Gasteiger partial charge in [-0.1, -0.05) is 23.2 Å². The van der Waals surface area contributed by atoms with Crippen LogP contribution < -0.4 is 14.4 Å².